The summed E-state index contributed by atoms with van der Waals surface area (Å²) in [6, 6.07) is 4.77. The molecule has 1 spiro atoms. The van der Waals surface area contributed by atoms with Crippen molar-refractivity contribution in [3.63, 3.8) is 0 Å². The van der Waals surface area contributed by atoms with E-state index in [9.17, 15) is 0 Å². The first kappa shape index (κ1) is 19.5. The molecule has 8 heteroatoms. The highest BCUT2D eigenvalue weighted by Crippen LogP contribution is 2.48. The normalized spacial score (nSPS) is 22.8. The first-order chi connectivity index (χ1) is 15.8. The molecule has 8 nitrogen and oxygen atoms in total. The Morgan fingerprint density at radius 2 is 1.62 bits per heavy atom. The highest BCUT2D eigenvalue weighted by Gasteiger charge is 2.49. The van der Waals surface area contributed by atoms with Crippen LogP contribution in [0.4, 0.5) is 11.6 Å². The largest absolute Gasteiger partial charge is 0.354 e. The number of hydrogen-bond acceptors (Lipinski definition) is 8. The van der Waals surface area contributed by atoms with Crippen LogP contribution in [0.5, 0.6) is 0 Å². The molecule has 1 saturated carbocycles. The van der Waals surface area contributed by atoms with Gasteiger partial charge in [-0.15, -0.1) is 0 Å². The lowest BCUT2D eigenvalue weighted by molar-refractivity contribution is 0.153. The number of pyridine rings is 1. The maximum Gasteiger partial charge on any atom is 0.147 e. The predicted molar refractivity (Wildman–Crippen MR) is 123 cm³/mol. The van der Waals surface area contributed by atoms with Crippen LogP contribution in [-0.2, 0) is 0 Å². The van der Waals surface area contributed by atoms with E-state index in [-0.39, 0.29) is 0 Å². The minimum absolute atomic E-state index is 0.472. The monoisotopic (exact) mass is 428 g/mol. The molecule has 3 aromatic rings. The van der Waals surface area contributed by atoms with E-state index < -0.39 is 0 Å². The van der Waals surface area contributed by atoms with Crippen molar-refractivity contribution >= 4 is 11.6 Å². The summed E-state index contributed by atoms with van der Waals surface area (Å²) in [6.45, 7) is 6.42. The van der Waals surface area contributed by atoms with Crippen molar-refractivity contribution < 1.29 is 0 Å². The van der Waals surface area contributed by atoms with Gasteiger partial charge in [-0.2, -0.15) is 0 Å². The number of piperazine rings is 1. The van der Waals surface area contributed by atoms with Crippen LogP contribution in [0.25, 0.3) is 11.3 Å². The van der Waals surface area contributed by atoms with Crippen LogP contribution in [0.2, 0.25) is 0 Å². The number of anilines is 2. The van der Waals surface area contributed by atoms with Crippen molar-refractivity contribution in [1.29, 1.82) is 0 Å². The molecule has 6 rings (SSSR count). The van der Waals surface area contributed by atoms with Gasteiger partial charge in [0.2, 0.25) is 0 Å². The highest BCUT2D eigenvalue weighted by atomic mass is 15.3. The topological polar surface area (TPSA) is 74.2 Å². The molecule has 1 aliphatic carbocycles. The number of aromatic nitrogens is 5. The van der Waals surface area contributed by atoms with Gasteiger partial charge >= 0.3 is 0 Å². The van der Waals surface area contributed by atoms with Gasteiger partial charge in [-0.3, -0.25) is 19.9 Å². The lowest BCUT2D eigenvalue weighted by atomic mass is 9.78. The van der Waals surface area contributed by atoms with E-state index in [0.29, 0.717) is 11.5 Å². The standard InChI is InChI=1S/C24H28N8/c1-2-20(21-15-25-6-8-27-21)23(29-5-1)31-12-10-30(11-13-31)19-3-4-24(14-19)17-32(18-24)22-16-26-7-9-28-22/h1-2,5-9,15-16,19H,3-4,10-14,17-18H2. The molecular formula is C24H28N8. The third-order valence-electron chi connectivity index (χ3n) is 7.36. The van der Waals surface area contributed by atoms with Gasteiger partial charge < -0.3 is 9.80 Å². The van der Waals surface area contributed by atoms with E-state index in [0.717, 1.165) is 62.2 Å². The van der Waals surface area contributed by atoms with E-state index >= 15 is 0 Å². The third kappa shape index (κ3) is 3.58. The van der Waals surface area contributed by atoms with Crippen molar-refractivity contribution in [3.05, 3.63) is 55.5 Å². The zero-order valence-corrected chi connectivity index (χ0v) is 18.2. The fourth-order valence-electron chi connectivity index (χ4n) is 5.74. The molecule has 0 bridgehead atoms. The summed E-state index contributed by atoms with van der Waals surface area (Å²) >= 11 is 0. The molecule has 3 aliphatic rings. The molecule has 0 amide bonds. The number of hydrogen-bond donors (Lipinski definition) is 0. The fourth-order valence-corrected chi connectivity index (χ4v) is 5.74. The van der Waals surface area contributed by atoms with E-state index in [1.807, 2.05) is 24.7 Å². The van der Waals surface area contributed by atoms with E-state index in [4.69, 9.17) is 4.98 Å². The molecule has 2 saturated heterocycles. The zero-order valence-electron chi connectivity index (χ0n) is 18.2. The average molecular weight is 429 g/mol. The zero-order chi connectivity index (χ0) is 21.4. The lowest BCUT2D eigenvalue weighted by Crippen LogP contribution is -2.57. The van der Waals surface area contributed by atoms with Crippen LogP contribution in [-0.4, -0.2) is 75.1 Å². The van der Waals surface area contributed by atoms with Gasteiger partial charge in [-0.05, 0) is 31.4 Å². The number of rotatable bonds is 4. The lowest BCUT2D eigenvalue weighted by Gasteiger charge is -2.49. The van der Waals surface area contributed by atoms with Gasteiger partial charge in [0.25, 0.3) is 0 Å². The summed E-state index contributed by atoms with van der Waals surface area (Å²) in [7, 11) is 0. The molecule has 1 unspecified atom stereocenters. The third-order valence-corrected chi connectivity index (χ3v) is 7.36. The van der Waals surface area contributed by atoms with Crippen LogP contribution < -0.4 is 9.80 Å². The molecule has 3 fully saturated rings. The minimum Gasteiger partial charge on any atom is -0.354 e. The molecule has 0 radical (unpaired) electrons. The molecule has 2 aliphatic heterocycles. The maximum atomic E-state index is 4.71. The Morgan fingerprint density at radius 3 is 2.38 bits per heavy atom. The first-order valence-corrected chi connectivity index (χ1v) is 11.5. The van der Waals surface area contributed by atoms with Gasteiger partial charge in [0.05, 0.1) is 18.1 Å². The summed E-state index contributed by atoms with van der Waals surface area (Å²) in [6.07, 6.45) is 16.5. The second-order valence-corrected chi connectivity index (χ2v) is 9.30. The quantitative estimate of drug-likeness (QED) is 0.628. The van der Waals surface area contributed by atoms with Gasteiger partial charge in [-0.1, -0.05) is 0 Å². The van der Waals surface area contributed by atoms with Gasteiger partial charge in [0.1, 0.15) is 11.6 Å². The Morgan fingerprint density at radius 1 is 0.812 bits per heavy atom. The Balaban J connectivity index is 1.07. The van der Waals surface area contributed by atoms with Crippen LogP contribution in [0.3, 0.4) is 0 Å². The highest BCUT2D eigenvalue weighted by molar-refractivity contribution is 5.72. The summed E-state index contributed by atoms with van der Waals surface area (Å²) in [5, 5.41) is 0. The van der Waals surface area contributed by atoms with E-state index in [1.165, 1.54) is 19.3 Å². The summed E-state index contributed by atoms with van der Waals surface area (Å²) in [5.74, 6) is 2.04. The first-order valence-electron chi connectivity index (χ1n) is 11.5. The second-order valence-electron chi connectivity index (χ2n) is 9.30. The van der Waals surface area contributed by atoms with Crippen LogP contribution in [0.15, 0.2) is 55.5 Å². The molecule has 32 heavy (non-hydrogen) atoms. The van der Waals surface area contributed by atoms with Crippen LogP contribution in [0.1, 0.15) is 19.3 Å². The minimum atomic E-state index is 0.472. The van der Waals surface area contributed by atoms with Gasteiger partial charge in [0.15, 0.2) is 0 Å². The SMILES string of the molecule is c1cnc(N2CCN(C3CCC4(C3)CN(c3cnccn3)C4)CC2)c(-c2cnccn2)c1. The Kier molecular flexibility index (Phi) is 4.94. The predicted octanol–water partition coefficient (Wildman–Crippen LogP) is 2.51. The number of nitrogens with zero attached hydrogens (tertiary/aromatic N) is 8. The molecule has 0 aromatic carbocycles. The van der Waals surface area contributed by atoms with Crippen molar-refractivity contribution in [3.8, 4) is 11.3 Å². The Hall–Kier alpha value is -3.13. The Bertz CT molecular complexity index is 1050. The van der Waals surface area contributed by atoms with Gasteiger partial charge in [-0.25, -0.2) is 9.97 Å². The maximum absolute atomic E-state index is 4.71. The van der Waals surface area contributed by atoms with Crippen molar-refractivity contribution in [2.75, 3.05) is 49.1 Å². The molecular weight excluding hydrogens is 400 g/mol. The molecule has 3 aromatic heterocycles. The summed E-state index contributed by atoms with van der Waals surface area (Å²) < 4.78 is 0. The summed E-state index contributed by atoms with van der Waals surface area (Å²) in [5.41, 5.74) is 2.42. The fraction of sp³-hybridized carbons (Fsp3) is 0.458. The van der Waals surface area contributed by atoms with E-state index in [1.54, 1.807) is 24.8 Å². The van der Waals surface area contributed by atoms with E-state index in [2.05, 4.69) is 40.7 Å². The van der Waals surface area contributed by atoms with Crippen LogP contribution in [0, 0.1) is 5.41 Å². The molecule has 5 heterocycles. The smallest absolute Gasteiger partial charge is 0.147 e. The van der Waals surface area contributed by atoms with Crippen molar-refractivity contribution in [2.45, 2.75) is 25.3 Å². The van der Waals surface area contributed by atoms with Crippen molar-refractivity contribution in [2.24, 2.45) is 5.41 Å². The average Bonchev–Trinajstić information content (AvgIpc) is 3.30. The molecule has 1 atom stereocenters. The Labute approximate surface area is 188 Å². The van der Waals surface area contributed by atoms with Gasteiger partial charge in [0, 0.05) is 87.3 Å². The second kappa shape index (κ2) is 8.09. The summed E-state index contributed by atoms with van der Waals surface area (Å²) in [4.78, 5) is 29.6. The molecule has 164 valence electrons. The van der Waals surface area contributed by atoms with Crippen molar-refractivity contribution in [1.82, 2.24) is 29.8 Å². The molecule has 0 N–H and O–H groups in total. The van der Waals surface area contributed by atoms with Crippen LogP contribution >= 0.6 is 0 Å².